The van der Waals surface area contributed by atoms with Gasteiger partial charge in [-0.3, -0.25) is 15.1 Å². The summed E-state index contributed by atoms with van der Waals surface area (Å²) in [5.41, 5.74) is 5.21. The zero-order chi connectivity index (χ0) is 30.0. The van der Waals surface area contributed by atoms with Crippen molar-refractivity contribution in [3.05, 3.63) is 76.5 Å². The Kier molecular flexibility index (Phi) is 8.39. The molecule has 1 aliphatic heterocycles. The molecule has 0 spiro atoms. The summed E-state index contributed by atoms with van der Waals surface area (Å²) in [6.07, 6.45) is 3.22. The SMILES string of the molecule is COC(=O)Nc1ccc2c(c1)NC(=O)C(C)CCC[C@H](Nc1nnn(-c3cccc(Cl)c3F)c1C)c1cc-2c(C)cn1. The van der Waals surface area contributed by atoms with Crippen LogP contribution in [0.5, 0.6) is 0 Å². The average molecular weight is 592 g/mol. The molecule has 0 saturated heterocycles. The number of aromatic nitrogens is 4. The van der Waals surface area contributed by atoms with Gasteiger partial charge in [0.05, 0.1) is 35.2 Å². The minimum absolute atomic E-state index is 0.000697. The highest BCUT2D eigenvalue weighted by Gasteiger charge is 2.24. The number of ether oxygens (including phenoxy) is 1. The summed E-state index contributed by atoms with van der Waals surface area (Å²) in [5.74, 6) is -0.479. The first kappa shape index (κ1) is 29.0. The number of methoxy groups -OCH3 is 1. The van der Waals surface area contributed by atoms with E-state index in [1.807, 2.05) is 26.0 Å². The van der Waals surface area contributed by atoms with Gasteiger partial charge in [-0.1, -0.05) is 42.3 Å². The molecule has 0 fully saturated rings. The van der Waals surface area contributed by atoms with Gasteiger partial charge in [-0.15, -0.1) is 5.10 Å². The molecule has 0 radical (unpaired) electrons. The third-order valence-electron chi connectivity index (χ3n) is 7.42. The highest BCUT2D eigenvalue weighted by atomic mass is 35.5. The normalized spacial score (nSPS) is 16.9. The number of amides is 2. The fraction of sp³-hybridized carbons (Fsp3) is 0.300. The van der Waals surface area contributed by atoms with Crippen LogP contribution in [0.3, 0.4) is 0 Å². The minimum Gasteiger partial charge on any atom is -0.453 e. The van der Waals surface area contributed by atoms with E-state index in [1.165, 1.54) is 17.9 Å². The summed E-state index contributed by atoms with van der Waals surface area (Å²) in [6.45, 7) is 5.64. The zero-order valence-corrected chi connectivity index (χ0v) is 24.4. The smallest absolute Gasteiger partial charge is 0.411 e. The molecule has 42 heavy (non-hydrogen) atoms. The Balaban J connectivity index is 1.55. The Hall–Kier alpha value is -4.51. The summed E-state index contributed by atoms with van der Waals surface area (Å²) in [7, 11) is 1.29. The van der Waals surface area contributed by atoms with Crippen LogP contribution in [-0.2, 0) is 9.53 Å². The lowest BCUT2D eigenvalue weighted by atomic mass is 9.93. The number of hydrogen-bond acceptors (Lipinski definition) is 7. The van der Waals surface area contributed by atoms with Crippen molar-refractivity contribution in [1.29, 1.82) is 0 Å². The van der Waals surface area contributed by atoms with Crippen molar-refractivity contribution in [1.82, 2.24) is 20.0 Å². The lowest BCUT2D eigenvalue weighted by molar-refractivity contribution is -0.119. The first-order chi connectivity index (χ1) is 20.2. The maximum atomic E-state index is 14.8. The third kappa shape index (κ3) is 5.91. The molecule has 218 valence electrons. The van der Waals surface area contributed by atoms with Gasteiger partial charge >= 0.3 is 6.09 Å². The van der Waals surface area contributed by atoms with Crippen molar-refractivity contribution in [3.8, 4) is 16.8 Å². The van der Waals surface area contributed by atoms with Crippen LogP contribution in [-0.4, -0.2) is 39.1 Å². The molecule has 10 nitrogen and oxygen atoms in total. The summed E-state index contributed by atoms with van der Waals surface area (Å²) in [5, 5.41) is 17.7. The van der Waals surface area contributed by atoms with E-state index in [0.717, 1.165) is 28.8 Å². The van der Waals surface area contributed by atoms with Crippen LogP contribution >= 0.6 is 11.6 Å². The highest BCUT2D eigenvalue weighted by Crippen LogP contribution is 2.36. The number of nitrogens with zero attached hydrogens (tertiary/aromatic N) is 4. The number of halogens is 2. The maximum Gasteiger partial charge on any atom is 0.411 e. The third-order valence-corrected chi connectivity index (χ3v) is 7.72. The first-order valence-corrected chi connectivity index (χ1v) is 13.9. The van der Waals surface area contributed by atoms with Crippen molar-refractivity contribution in [2.45, 2.75) is 46.1 Å². The van der Waals surface area contributed by atoms with Gasteiger partial charge in [0.2, 0.25) is 5.91 Å². The first-order valence-electron chi connectivity index (χ1n) is 13.6. The van der Waals surface area contributed by atoms with Crippen LogP contribution in [0, 0.1) is 25.6 Å². The molecule has 2 atom stereocenters. The van der Waals surface area contributed by atoms with E-state index in [0.29, 0.717) is 35.7 Å². The summed E-state index contributed by atoms with van der Waals surface area (Å²) < 4.78 is 20.9. The molecule has 12 heteroatoms. The molecule has 1 aliphatic rings. The van der Waals surface area contributed by atoms with Crippen LogP contribution in [0.25, 0.3) is 16.8 Å². The van der Waals surface area contributed by atoms with Crippen molar-refractivity contribution in [3.63, 3.8) is 0 Å². The van der Waals surface area contributed by atoms with Gasteiger partial charge in [-0.05, 0) is 68.1 Å². The van der Waals surface area contributed by atoms with E-state index < -0.39 is 11.9 Å². The van der Waals surface area contributed by atoms with Crippen LogP contribution in [0.15, 0.2) is 48.7 Å². The number of nitrogens with one attached hydrogen (secondary N) is 3. The second-order valence-corrected chi connectivity index (χ2v) is 10.7. The average Bonchev–Trinajstić information content (AvgIpc) is 3.33. The van der Waals surface area contributed by atoms with Crippen LogP contribution in [0.4, 0.5) is 26.4 Å². The van der Waals surface area contributed by atoms with Gasteiger partial charge in [0.1, 0.15) is 5.69 Å². The quantitative estimate of drug-likeness (QED) is 0.238. The molecule has 4 aromatic rings. The Labute approximate surface area is 247 Å². The number of pyridine rings is 1. The molecular formula is C30H31ClFN7O3. The number of rotatable bonds is 4. The number of carbonyl (C=O) groups is 2. The fourth-order valence-corrected chi connectivity index (χ4v) is 5.14. The van der Waals surface area contributed by atoms with Crippen LogP contribution < -0.4 is 16.0 Å². The largest absolute Gasteiger partial charge is 0.453 e. The maximum absolute atomic E-state index is 14.8. The molecule has 0 saturated carbocycles. The zero-order valence-electron chi connectivity index (χ0n) is 23.7. The van der Waals surface area contributed by atoms with Crippen molar-refractivity contribution in [2.24, 2.45) is 5.92 Å². The molecule has 0 aliphatic carbocycles. The molecular weight excluding hydrogens is 561 g/mol. The molecule has 2 aromatic carbocycles. The van der Waals surface area contributed by atoms with Gasteiger partial charge in [-0.25, -0.2) is 13.9 Å². The molecule has 2 aromatic heterocycles. The Morgan fingerprint density at radius 3 is 2.76 bits per heavy atom. The number of benzene rings is 2. The molecule has 5 rings (SSSR count). The topological polar surface area (TPSA) is 123 Å². The second kappa shape index (κ2) is 12.2. The van der Waals surface area contributed by atoms with E-state index in [1.54, 1.807) is 37.4 Å². The predicted molar refractivity (Wildman–Crippen MR) is 160 cm³/mol. The fourth-order valence-electron chi connectivity index (χ4n) is 4.97. The number of hydrogen-bond donors (Lipinski definition) is 3. The highest BCUT2D eigenvalue weighted by molar-refractivity contribution is 6.30. The van der Waals surface area contributed by atoms with Gasteiger partial charge in [-0.2, -0.15) is 0 Å². The summed E-state index contributed by atoms with van der Waals surface area (Å²) in [6, 6.07) is 11.8. The number of carbonyl (C=O) groups excluding carboxylic acids is 2. The molecule has 3 N–H and O–H groups in total. The predicted octanol–water partition coefficient (Wildman–Crippen LogP) is 6.83. The van der Waals surface area contributed by atoms with Crippen molar-refractivity contribution in [2.75, 3.05) is 23.1 Å². The number of anilines is 3. The van der Waals surface area contributed by atoms with Crippen LogP contribution in [0.1, 0.15) is 49.2 Å². The molecule has 2 amide bonds. The lowest BCUT2D eigenvalue weighted by Gasteiger charge is -2.23. The van der Waals surface area contributed by atoms with Crippen molar-refractivity contribution >= 4 is 40.8 Å². The number of fused-ring (bicyclic) bond motifs is 4. The van der Waals surface area contributed by atoms with E-state index in [9.17, 15) is 14.0 Å². The Bertz CT molecular complexity index is 1660. The molecule has 1 unspecified atom stereocenters. The standard InChI is InChI=1S/C30H31ClFN7O3/c1-16-7-5-9-23(35-28-18(3)39(38-37-28)26-10-6-8-22(31)27(26)32)25-14-21(17(2)15-33-25)20-12-11-19(34-30(41)42-4)13-24(20)36-29(16)40/h6,8,10-16,23,35H,5,7,9H2,1-4H3,(H,34,41)(H,36,40)/t16?,23-/m0/s1. The van der Waals surface area contributed by atoms with E-state index in [2.05, 4.69) is 26.3 Å². The van der Waals surface area contributed by atoms with E-state index in [-0.39, 0.29) is 28.6 Å². The monoisotopic (exact) mass is 591 g/mol. The van der Waals surface area contributed by atoms with E-state index in [4.69, 9.17) is 21.3 Å². The van der Waals surface area contributed by atoms with E-state index >= 15 is 0 Å². The van der Waals surface area contributed by atoms with Crippen molar-refractivity contribution < 1.29 is 18.7 Å². The van der Waals surface area contributed by atoms with Gasteiger partial charge in [0.15, 0.2) is 11.6 Å². The summed E-state index contributed by atoms with van der Waals surface area (Å²) in [4.78, 5) is 29.8. The van der Waals surface area contributed by atoms with Gasteiger partial charge in [0.25, 0.3) is 0 Å². The molecule has 2 bridgehead atoms. The lowest BCUT2D eigenvalue weighted by Crippen LogP contribution is -2.22. The minimum atomic E-state index is -0.607. The van der Waals surface area contributed by atoms with Gasteiger partial charge in [0, 0.05) is 23.4 Å². The van der Waals surface area contributed by atoms with Gasteiger partial charge < -0.3 is 15.4 Å². The summed E-state index contributed by atoms with van der Waals surface area (Å²) >= 11 is 6.00. The second-order valence-electron chi connectivity index (χ2n) is 10.3. The van der Waals surface area contributed by atoms with Crippen LogP contribution in [0.2, 0.25) is 5.02 Å². The number of aryl methyl sites for hydroxylation is 1. The Morgan fingerprint density at radius 2 is 1.98 bits per heavy atom. The Morgan fingerprint density at radius 1 is 1.17 bits per heavy atom. The molecule has 3 heterocycles.